The number of fused-ring (bicyclic) bond motifs is 2. The molecular weight excluding hydrogens is 452 g/mol. The Kier molecular flexibility index (Phi) is 5.93. The number of rotatable bonds is 5. The van der Waals surface area contributed by atoms with Crippen molar-refractivity contribution in [2.24, 2.45) is 0 Å². The highest BCUT2D eigenvalue weighted by Gasteiger charge is 2.31. The van der Waals surface area contributed by atoms with Gasteiger partial charge in [0.05, 0.1) is 11.3 Å². The molecule has 1 aliphatic heterocycles. The average molecular weight is 471 g/mol. The minimum Gasteiger partial charge on any atom is -0.455 e. The first-order chi connectivity index (χ1) is 16.6. The van der Waals surface area contributed by atoms with Gasteiger partial charge in [0.1, 0.15) is 11.8 Å². The fourth-order valence-corrected chi connectivity index (χ4v) is 3.97. The number of Topliss-reactive ketones (excluding diaryl/α,β-unsaturated/α-hetero) is 1. The van der Waals surface area contributed by atoms with E-state index in [2.05, 4.69) is 20.6 Å². The second-order valence-electron chi connectivity index (χ2n) is 7.69. The van der Waals surface area contributed by atoms with E-state index in [0.717, 1.165) is 5.56 Å². The number of carbonyl (C=O) groups excluding carboxylic acids is 2. The third kappa shape index (κ3) is 4.33. The van der Waals surface area contributed by atoms with E-state index in [4.69, 9.17) is 16.3 Å². The molecule has 3 heterocycles. The SMILES string of the molecule is O=C(NCc1cccnc1)c1cnccc1C(=O)C1Nc2cc(Cl)ccc2Oc2ccccc21. The quantitative estimate of drug-likeness (QED) is 0.389. The van der Waals surface area contributed by atoms with Crippen LogP contribution in [-0.4, -0.2) is 21.7 Å². The van der Waals surface area contributed by atoms with Gasteiger partial charge in [-0.3, -0.25) is 19.6 Å². The molecule has 2 aromatic carbocycles. The highest BCUT2D eigenvalue weighted by Crippen LogP contribution is 2.42. The first-order valence-corrected chi connectivity index (χ1v) is 11.0. The van der Waals surface area contributed by atoms with E-state index in [-0.39, 0.29) is 23.5 Å². The van der Waals surface area contributed by atoms with Crippen LogP contribution >= 0.6 is 11.6 Å². The van der Waals surface area contributed by atoms with Gasteiger partial charge in [-0.1, -0.05) is 35.9 Å². The molecule has 168 valence electrons. The van der Waals surface area contributed by atoms with E-state index in [1.54, 1.807) is 48.8 Å². The maximum Gasteiger partial charge on any atom is 0.253 e. The van der Waals surface area contributed by atoms with Crippen molar-refractivity contribution in [3.63, 3.8) is 0 Å². The molecule has 1 aliphatic rings. The lowest BCUT2D eigenvalue weighted by molar-refractivity contribution is 0.0924. The number of nitrogens with one attached hydrogen (secondary N) is 2. The summed E-state index contributed by atoms with van der Waals surface area (Å²) in [6.45, 7) is 0.277. The normalized spacial score (nSPS) is 14.0. The van der Waals surface area contributed by atoms with Gasteiger partial charge in [0.25, 0.3) is 5.91 Å². The van der Waals surface area contributed by atoms with Crippen LogP contribution in [0.15, 0.2) is 85.5 Å². The van der Waals surface area contributed by atoms with Gasteiger partial charge in [-0.15, -0.1) is 0 Å². The molecule has 0 saturated carbocycles. The van der Waals surface area contributed by atoms with Crippen molar-refractivity contribution in [2.45, 2.75) is 12.6 Å². The molecule has 0 fully saturated rings. The van der Waals surface area contributed by atoms with Gasteiger partial charge in [0.15, 0.2) is 11.5 Å². The van der Waals surface area contributed by atoms with Crippen LogP contribution in [0.1, 0.15) is 37.9 Å². The van der Waals surface area contributed by atoms with Crippen molar-refractivity contribution >= 4 is 29.0 Å². The second kappa shape index (κ2) is 9.33. The number of pyridine rings is 2. The van der Waals surface area contributed by atoms with Crippen molar-refractivity contribution in [1.82, 2.24) is 15.3 Å². The van der Waals surface area contributed by atoms with E-state index in [9.17, 15) is 9.59 Å². The number of ether oxygens (including phenoxy) is 1. The van der Waals surface area contributed by atoms with Crippen LogP contribution in [0.2, 0.25) is 5.02 Å². The topological polar surface area (TPSA) is 93.2 Å². The molecule has 7 nitrogen and oxygen atoms in total. The number of nitrogens with zero attached hydrogens (tertiary/aromatic N) is 2. The van der Waals surface area contributed by atoms with Crippen molar-refractivity contribution in [2.75, 3.05) is 5.32 Å². The minimum absolute atomic E-state index is 0.187. The van der Waals surface area contributed by atoms with Gasteiger partial charge in [0, 0.05) is 47.5 Å². The molecule has 0 bridgehead atoms. The number of anilines is 1. The maximum absolute atomic E-state index is 13.8. The summed E-state index contributed by atoms with van der Waals surface area (Å²) in [6, 6.07) is 16.9. The second-order valence-corrected chi connectivity index (χ2v) is 8.12. The van der Waals surface area contributed by atoms with Crippen LogP contribution in [0, 0.1) is 0 Å². The Hall–Kier alpha value is -4.23. The standard InChI is InChI=1S/C26H19ClN4O3/c27-17-7-8-23-21(12-17)31-24(19-5-1-2-6-22(19)34-23)25(32)18-9-11-29-15-20(18)26(33)30-14-16-4-3-10-28-13-16/h1-13,15,24,31H,14H2,(H,30,33). The number of para-hydroxylation sites is 1. The number of amides is 1. The molecule has 0 spiro atoms. The van der Waals surface area contributed by atoms with E-state index in [1.807, 2.05) is 24.3 Å². The summed E-state index contributed by atoms with van der Waals surface area (Å²) in [7, 11) is 0. The lowest BCUT2D eigenvalue weighted by Gasteiger charge is -2.19. The summed E-state index contributed by atoms with van der Waals surface area (Å²) in [6.07, 6.45) is 6.23. The minimum atomic E-state index is -0.803. The predicted octanol–water partition coefficient (Wildman–Crippen LogP) is 5.20. The number of aromatic nitrogens is 2. The zero-order valence-electron chi connectivity index (χ0n) is 17.9. The number of carbonyl (C=O) groups is 2. The summed E-state index contributed by atoms with van der Waals surface area (Å²) in [5.41, 5.74) is 2.51. The van der Waals surface area contributed by atoms with Crippen LogP contribution in [0.25, 0.3) is 0 Å². The molecule has 1 amide bonds. The molecular formula is C26H19ClN4O3. The van der Waals surface area contributed by atoms with E-state index in [0.29, 0.717) is 27.8 Å². The molecule has 1 unspecified atom stereocenters. The zero-order valence-corrected chi connectivity index (χ0v) is 18.6. The molecule has 4 aromatic rings. The number of halogens is 1. The molecule has 0 saturated heterocycles. The first-order valence-electron chi connectivity index (χ1n) is 10.6. The molecule has 5 rings (SSSR count). The number of hydrogen-bond donors (Lipinski definition) is 2. The van der Waals surface area contributed by atoms with Crippen LogP contribution in [0.5, 0.6) is 11.5 Å². The summed E-state index contributed by atoms with van der Waals surface area (Å²) >= 11 is 6.19. The molecule has 8 heteroatoms. The van der Waals surface area contributed by atoms with Gasteiger partial charge < -0.3 is 15.4 Å². The number of ketones is 1. The van der Waals surface area contributed by atoms with Crippen molar-refractivity contribution < 1.29 is 14.3 Å². The van der Waals surface area contributed by atoms with Crippen molar-refractivity contribution in [1.29, 1.82) is 0 Å². The molecule has 2 aromatic heterocycles. The smallest absolute Gasteiger partial charge is 0.253 e. The summed E-state index contributed by atoms with van der Waals surface area (Å²) in [5.74, 6) is 0.405. The molecule has 0 aliphatic carbocycles. The Morgan fingerprint density at radius 1 is 0.941 bits per heavy atom. The van der Waals surface area contributed by atoms with E-state index < -0.39 is 11.9 Å². The van der Waals surface area contributed by atoms with Gasteiger partial charge >= 0.3 is 0 Å². The Bertz CT molecular complexity index is 1380. The lowest BCUT2D eigenvalue weighted by atomic mass is 9.94. The molecule has 1 atom stereocenters. The maximum atomic E-state index is 13.8. The third-order valence-corrected chi connectivity index (χ3v) is 5.70. The highest BCUT2D eigenvalue weighted by atomic mass is 35.5. The average Bonchev–Trinajstić information content (AvgIpc) is 3.04. The monoisotopic (exact) mass is 470 g/mol. The van der Waals surface area contributed by atoms with Crippen LogP contribution in [0.3, 0.4) is 0 Å². The lowest BCUT2D eigenvalue weighted by Crippen LogP contribution is -2.28. The fraction of sp³-hybridized carbons (Fsp3) is 0.0769. The van der Waals surface area contributed by atoms with E-state index in [1.165, 1.54) is 12.4 Å². The van der Waals surface area contributed by atoms with Crippen LogP contribution in [-0.2, 0) is 6.54 Å². The molecule has 2 N–H and O–H groups in total. The predicted molar refractivity (Wildman–Crippen MR) is 128 cm³/mol. The Balaban J connectivity index is 1.49. The zero-order chi connectivity index (χ0) is 23.5. The van der Waals surface area contributed by atoms with Crippen molar-refractivity contribution in [3.05, 3.63) is 113 Å². The Morgan fingerprint density at radius 3 is 2.65 bits per heavy atom. The van der Waals surface area contributed by atoms with E-state index >= 15 is 0 Å². The molecule has 0 radical (unpaired) electrons. The first kappa shape index (κ1) is 21.6. The Labute approximate surface area is 200 Å². The van der Waals surface area contributed by atoms with Crippen LogP contribution in [0.4, 0.5) is 5.69 Å². The van der Waals surface area contributed by atoms with Gasteiger partial charge in [0.2, 0.25) is 0 Å². The van der Waals surface area contributed by atoms with Crippen LogP contribution < -0.4 is 15.4 Å². The third-order valence-electron chi connectivity index (χ3n) is 5.46. The molecule has 34 heavy (non-hydrogen) atoms. The summed E-state index contributed by atoms with van der Waals surface area (Å²) in [4.78, 5) is 35.0. The van der Waals surface area contributed by atoms with Gasteiger partial charge in [-0.05, 0) is 42.0 Å². The number of benzene rings is 2. The summed E-state index contributed by atoms with van der Waals surface area (Å²) in [5, 5.41) is 6.60. The highest BCUT2D eigenvalue weighted by molar-refractivity contribution is 6.31. The van der Waals surface area contributed by atoms with Gasteiger partial charge in [-0.25, -0.2) is 0 Å². The fourth-order valence-electron chi connectivity index (χ4n) is 3.80. The van der Waals surface area contributed by atoms with Crippen molar-refractivity contribution in [3.8, 4) is 11.5 Å². The number of hydrogen-bond acceptors (Lipinski definition) is 6. The largest absolute Gasteiger partial charge is 0.455 e. The Morgan fingerprint density at radius 2 is 1.79 bits per heavy atom. The summed E-state index contributed by atoms with van der Waals surface area (Å²) < 4.78 is 6.07. The van der Waals surface area contributed by atoms with Gasteiger partial charge in [-0.2, -0.15) is 0 Å².